The Bertz CT molecular complexity index is 1060. The topological polar surface area (TPSA) is 82.5 Å². The van der Waals surface area contributed by atoms with Gasteiger partial charge < -0.3 is 14.0 Å². The summed E-state index contributed by atoms with van der Waals surface area (Å²) in [5.74, 6) is 1.60. The molecule has 3 aromatic rings. The van der Waals surface area contributed by atoms with Gasteiger partial charge in [0.1, 0.15) is 11.9 Å². The van der Waals surface area contributed by atoms with Gasteiger partial charge in [-0.3, -0.25) is 0 Å². The van der Waals surface area contributed by atoms with Crippen LogP contribution in [0, 0.1) is 0 Å². The zero-order chi connectivity index (χ0) is 19.6. The standard InChI is InChI=1S/C20H21N3O4S/c1-23-11-10-21-20(23)19(15-6-3-2-4-7-15)22-28(24,25)16-8-9-17-18(14-16)27-13-5-12-26-17/h2-4,6-11,14,19,22H,5,12-13H2,1H3/t19-/m1/s1. The van der Waals surface area contributed by atoms with Gasteiger partial charge in [0.15, 0.2) is 11.5 Å². The van der Waals surface area contributed by atoms with E-state index in [1.165, 1.54) is 12.1 Å². The number of aromatic nitrogens is 2. The SMILES string of the molecule is Cn1ccnc1[C@H](NS(=O)(=O)c1ccc2c(c1)OCCCO2)c1ccccc1. The molecule has 7 nitrogen and oxygen atoms in total. The minimum absolute atomic E-state index is 0.117. The highest BCUT2D eigenvalue weighted by atomic mass is 32.2. The van der Waals surface area contributed by atoms with Crippen molar-refractivity contribution in [3.05, 3.63) is 72.3 Å². The molecule has 4 rings (SSSR count). The number of ether oxygens (including phenoxy) is 2. The van der Waals surface area contributed by atoms with Crippen LogP contribution in [0.3, 0.4) is 0 Å². The Labute approximate surface area is 164 Å². The summed E-state index contributed by atoms with van der Waals surface area (Å²) in [6.07, 6.45) is 4.19. The van der Waals surface area contributed by atoms with Crippen molar-refractivity contribution in [2.75, 3.05) is 13.2 Å². The Morgan fingerprint density at radius 1 is 1.07 bits per heavy atom. The van der Waals surface area contributed by atoms with Gasteiger partial charge >= 0.3 is 0 Å². The highest BCUT2D eigenvalue weighted by Gasteiger charge is 2.26. The number of aryl methyl sites for hydroxylation is 1. The normalized spacial score (nSPS) is 15.0. The average molecular weight is 399 g/mol. The van der Waals surface area contributed by atoms with Crippen LogP contribution >= 0.6 is 0 Å². The quantitative estimate of drug-likeness (QED) is 0.713. The minimum Gasteiger partial charge on any atom is -0.490 e. The lowest BCUT2D eigenvalue weighted by Crippen LogP contribution is -2.31. The lowest BCUT2D eigenvalue weighted by molar-refractivity contribution is 0.297. The number of rotatable bonds is 5. The monoisotopic (exact) mass is 399 g/mol. The van der Waals surface area contributed by atoms with Gasteiger partial charge in [0, 0.05) is 31.9 Å². The first-order valence-corrected chi connectivity index (χ1v) is 10.5. The summed E-state index contributed by atoms with van der Waals surface area (Å²) in [4.78, 5) is 4.46. The lowest BCUT2D eigenvalue weighted by atomic mass is 10.1. The van der Waals surface area contributed by atoms with E-state index >= 15 is 0 Å². The summed E-state index contributed by atoms with van der Waals surface area (Å²) >= 11 is 0. The summed E-state index contributed by atoms with van der Waals surface area (Å²) in [7, 11) is -2.00. The zero-order valence-corrected chi connectivity index (χ0v) is 16.2. The van der Waals surface area contributed by atoms with Gasteiger partial charge in [-0.05, 0) is 17.7 Å². The van der Waals surface area contributed by atoms with E-state index in [9.17, 15) is 8.42 Å². The van der Waals surface area contributed by atoms with Crippen LogP contribution in [-0.4, -0.2) is 31.2 Å². The molecule has 8 heteroatoms. The maximum Gasteiger partial charge on any atom is 0.241 e. The number of nitrogens with zero attached hydrogens (tertiary/aromatic N) is 2. The fourth-order valence-electron chi connectivity index (χ4n) is 3.10. The molecule has 0 spiro atoms. The Hall–Kier alpha value is -2.84. The number of hydrogen-bond acceptors (Lipinski definition) is 5. The minimum atomic E-state index is -3.83. The van der Waals surface area contributed by atoms with Crippen molar-refractivity contribution in [1.29, 1.82) is 0 Å². The van der Waals surface area contributed by atoms with Crippen molar-refractivity contribution in [2.45, 2.75) is 17.4 Å². The summed E-state index contributed by atoms with van der Waals surface area (Å²) in [6.45, 7) is 1.04. The molecule has 0 saturated carbocycles. The van der Waals surface area contributed by atoms with E-state index < -0.39 is 16.1 Å². The van der Waals surface area contributed by atoms with Crippen molar-refractivity contribution in [3.8, 4) is 11.5 Å². The smallest absolute Gasteiger partial charge is 0.241 e. The third-order valence-corrected chi connectivity index (χ3v) is 5.97. The van der Waals surface area contributed by atoms with Crippen LogP contribution in [0.15, 0.2) is 65.8 Å². The molecule has 0 fully saturated rings. The molecule has 1 N–H and O–H groups in total. The van der Waals surface area contributed by atoms with E-state index in [-0.39, 0.29) is 4.90 Å². The predicted molar refractivity (Wildman–Crippen MR) is 104 cm³/mol. The van der Waals surface area contributed by atoms with Crippen LogP contribution in [0.2, 0.25) is 0 Å². The molecular formula is C20H21N3O4S. The van der Waals surface area contributed by atoms with Crippen molar-refractivity contribution >= 4 is 10.0 Å². The van der Waals surface area contributed by atoms with Gasteiger partial charge in [0.2, 0.25) is 10.0 Å². The van der Waals surface area contributed by atoms with Gasteiger partial charge in [-0.2, -0.15) is 4.72 Å². The fraction of sp³-hybridized carbons (Fsp3) is 0.250. The number of fused-ring (bicyclic) bond motifs is 1. The highest BCUT2D eigenvalue weighted by Crippen LogP contribution is 2.32. The molecule has 1 aromatic heterocycles. The van der Waals surface area contributed by atoms with Crippen LogP contribution in [0.1, 0.15) is 23.9 Å². The molecule has 2 heterocycles. The summed E-state index contributed by atoms with van der Waals surface area (Å²) < 4.78 is 42.1. The van der Waals surface area contributed by atoms with Gasteiger partial charge in [-0.15, -0.1) is 0 Å². The summed E-state index contributed by atoms with van der Waals surface area (Å²) in [5.41, 5.74) is 0.801. The van der Waals surface area contributed by atoms with E-state index in [0.29, 0.717) is 30.5 Å². The molecule has 1 aliphatic rings. The maximum absolute atomic E-state index is 13.1. The van der Waals surface area contributed by atoms with Gasteiger partial charge in [0.05, 0.1) is 18.1 Å². The largest absolute Gasteiger partial charge is 0.490 e. The Balaban J connectivity index is 1.70. The van der Waals surface area contributed by atoms with Crippen molar-refractivity contribution in [3.63, 3.8) is 0 Å². The number of imidazole rings is 1. The second-order valence-corrected chi connectivity index (χ2v) is 8.23. The van der Waals surface area contributed by atoms with Crippen LogP contribution < -0.4 is 14.2 Å². The highest BCUT2D eigenvalue weighted by molar-refractivity contribution is 7.89. The molecule has 0 unspecified atom stereocenters. The average Bonchev–Trinajstić information content (AvgIpc) is 2.98. The first-order valence-electron chi connectivity index (χ1n) is 8.99. The van der Waals surface area contributed by atoms with E-state index in [4.69, 9.17) is 9.47 Å². The predicted octanol–water partition coefficient (Wildman–Crippen LogP) is 2.65. The first-order chi connectivity index (χ1) is 13.5. The zero-order valence-electron chi connectivity index (χ0n) is 15.4. The second-order valence-electron chi connectivity index (χ2n) is 6.52. The Kier molecular flexibility index (Phi) is 5.06. The van der Waals surface area contributed by atoms with Crippen LogP contribution in [-0.2, 0) is 17.1 Å². The van der Waals surface area contributed by atoms with Gasteiger partial charge in [-0.1, -0.05) is 30.3 Å². The molecule has 28 heavy (non-hydrogen) atoms. The lowest BCUT2D eigenvalue weighted by Gasteiger charge is -2.19. The molecular weight excluding hydrogens is 378 g/mol. The molecule has 0 saturated heterocycles. The molecule has 0 bridgehead atoms. The first kappa shape index (κ1) is 18.5. The van der Waals surface area contributed by atoms with Gasteiger partial charge in [0.25, 0.3) is 0 Å². The molecule has 2 aromatic carbocycles. The van der Waals surface area contributed by atoms with Crippen molar-refractivity contribution in [1.82, 2.24) is 14.3 Å². The molecule has 146 valence electrons. The van der Waals surface area contributed by atoms with Gasteiger partial charge in [-0.25, -0.2) is 13.4 Å². The number of sulfonamides is 1. The fourth-order valence-corrected chi connectivity index (χ4v) is 4.30. The number of nitrogens with one attached hydrogen (secondary N) is 1. The number of hydrogen-bond donors (Lipinski definition) is 1. The molecule has 1 atom stereocenters. The molecule has 0 amide bonds. The maximum atomic E-state index is 13.1. The third kappa shape index (κ3) is 3.74. The Morgan fingerprint density at radius 2 is 1.82 bits per heavy atom. The molecule has 0 radical (unpaired) electrons. The van der Waals surface area contributed by atoms with Crippen molar-refractivity contribution in [2.24, 2.45) is 7.05 Å². The molecule has 0 aliphatic carbocycles. The third-order valence-electron chi connectivity index (χ3n) is 4.55. The van der Waals surface area contributed by atoms with Crippen LogP contribution in [0.5, 0.6) is 11.5 Å². The Morgan fingerprint density at radius 3 is 2.54 bits per heavy atom. The molecule has 1 aliphatic heterocycles. The van der Waals surface area contributed by atoms with Crippen LogP contribution in [0.4, 0.5) is 0 Å². The number of benzene rings is 2. The van der Waals surface area contributed by atoms with Crippen LogP contribution in [0.25, 0.3) is 0 Å². The van der Waals surface area contributed by atoms with E-state index in [1.807, 2.05) is 37.4 Å². The van der Waals surface area contributed by atoms with E-state index in [1.54, 1.807) is 23.0 Å². The van der Waals surface area contributed by atoms with E-state index in [0.717, 1.165) is 12.0 Å². The van der Waals surface area contributed by atoms with Crippen molar-refractivity contribution < 1.29 is 17.9 Å². The van der Waals surface area contributed by atoms with E-state index in [2.05, 4.69) is 9.71 Å². The summed E-state index contributed by atoms with van der Waals surface area (Å²) in [5, 5.41) is 0. The summed E-state index contributed by atoms with van der Waals surface area (Å²) in [6, 6.07) is 13.4. The second kappa shape index (κ2) is 7.65.